The van der Waals surface area contributed by atoms with Crippen LogP contribution in [0.4, 0.5) is 5.69 Å². The van der Waals surface area contributed by atoms with E-state index < -0.39 is 15.8 Å². The average molecular weight is 283 g/mol. The van der Waals surface area contributed by atoms with E-state index in [9.17, 15) is 13.2 Å². The molecule has 104 valence electrons. The fraction of sp³-hybridized carbons (Fsp3) is 0.462. The van der Waals surface area contributed by atoms with E-state index in [2.05, 4.69) is 4.90 Å². The van der Waals surface area contributed by atoms with Gasteiger partial charge in [-0.25, -0.2) is 13.2 Å². The largest absolute Gasteiger partial charge is 0.478 e. The number of benzene rings is 1. The number of anilines is 1. The molecule has 0 aromatic heterocycles. The van der Waals surface area contributed by atoms with Crippen molar-refractivity contribution in [3.05, 3.63) is 29.3 Å². The van der Waals surface area contributed by atoms with Crippen LogP contribution in [0.5, 0.6) is 0 Å². The Bertz CT molecular complexity index is 595. The molecule has 0 saturated carbocycles. The summed E-state index contributed by atoms with van der Waals surface area (Å²) in [4.78, 5) is 13.0. The molecule has 1 heterocycles. The van der Waals surface area contributed by atoms with Gasteiger partial charge in [-0.3, -0.25) is 0 Å². The maximum Gasteiger partial charge on any atom is 0.335 e. The van der Waals surface area contributed by atoms with E-state index in [1.54, 1.807) is 12.1 Å². The highest BCUT2D eigenvalue weighted by Crippen LogP contribution is 2.28. The summed E-state index contributed by atoms with van der Waals surface area (Å²) in [6, 6.07) is 5.11. The molecule has 1 N–H and O–H groups in total. The van der Waals surface area contributed by atoms with Crippen LogP contribution in [0.3, 0.4) is 0 Å². The molecule has 0 radical (unpaired) electrons. The van der Waals surface area contributed by atoms with Crippen molar-refractivity contribution in [1.29, 1.82) is 0 Å². The van der Waals surface area contributed by atoms with Crippen LogP contribution >= 0.6 is 0 Å². The molecule has 0 aliphatic carbocycles. The summed E-state index contributed by atoms with van der Waals surface area (Å²) in [6.45, 7) is 1.51. The lowest BCUT2D eigenvalue weighted by Gasteiger charge is -2.19. The third-order valence-corrected chi connectivity index (χ3v) is 4.29. The van der Waals surface area contributed by atoms with Gasteiger partial charge in [-0.1, -0.05) is 0 Å². The minimum absolute atomic E-state index is 0.187. The minimum Gasteiger partial charge on any atom is -0.478 e. The first kappa shape index (κ1) is 13.9. The zero-order valence-electron chi connectivity index (χ0n) is 10.8. The number of carboxylic acid groups (broad SMARTS) is 1. The average Bonchev–Trinajstić information content (AvgIpc) is 2.70. The van der Waals surface area contributed by atoms with E-state index in [0.717, 1.165) is 24.2 Å². The van der Waals surface area contributed by atoms with Gasteiger partial charge >= 0.3 is 5.97 Å². The topological polar surface area (TPSA) is 74.7 Å². The maximum atomic E-state index is 11.1. The molecule has 0 unspecified atom stereocenters. The standard InChI is InChI=1S/C13H17NO4S/c1-19(17,18)8-2-6-14-7-5-10-9-11(13(15)16)3-4-12(10)14/h3-4,9H,2,5-8H2,1H3,(H,15,16). The van der Waals surface area contributed by atoms with E-state index in [1.807, 2.05) is 6.07 Å². The molecule has 19 heavy (non-hydrogen) atoms. The number of carboxylic acids is 1. The lowest BCUT2D eigenvalue weighted by Crippen LogP contribution is -2.23. The predicted molar refractivity (Wildman–Crippen MR) is 73.6 cm³/mol. The van der Waals surface area contributed by atoms with Gasteiger partial charge in [-0.05, 0) is 36.6 Å². The van der Waals surface area contributed by atoms with Crippen LogP contribution < -0.4 is 4.90 Å². The van der Waals surface area contributed by atoms with Crippen molar-refractivity contribution in [2.75, 3.05) is 30.0 Å². The molecule has 0 bridgehead atoms. The van der Waals surface area contributed by atoms with Gasteiger partial charge in [0, 0.05) is 25.0 Å². The van der Waals surface area contributed by atoms with Crippen molar-refractivity contribution in [2.45, 2.75) is 12.8 Å². The third-order valence-electron chi connectivity index (χ3n) is 3.26. The summed E-state index contributed by atoms with van der Waals surface area (Å²) in [5, 5.41) is 8.93. The van der Waals surface area contributed by atoms with Gasteiger partial charge in [0.25, 0.3) is 0 Å². The Morgan fingerprint density at radius 2 is 2.16 bits per heavy atom. The number of sulfone groups is 1. The molecular weight excluding hydrogens is 266 g/mol. The monoisotopic (exact) mass is 283 g/mol. The lowest BCUT2D eigenvalue weighted by molar-refractivity contribution is 0.0697. The fourth-order valence-corrected chi connectivity index (χ4v) is 3.01. The molecule has 1 aromatic rings. The van der Waals surface area contributed by atoms with Crippen molar-refractivity contribution in [2.24, 2.45) is 0 Å². The SMILES string of the molecule is CS(=O)(=O)CCCN1CCc2cc(C(=O)O)ccc21. The summed E-state index contributed by atoms with van der Waals surface area (Å²) in [7, 11) is -2.92. The van der Waals surface area contributed by atoms with Crippen molar-refractivity contribution in [3.8, 4) is 0 Å². The summed E-state index contributed by atoms with van der Waals surface area (Å²) >= 11 is 0. The molecule has 0 amide bonds. The quantitative estimate of drug-likeness (QED) is 0.878. The minimum atomic E-state index is -2.92. The second-order valence-corrected chi connectivity index (χ2v) is 7.13. The zero-order valence-corrected chi connectivity index (χ0v) is 11.6. The highest BCUT2D eigenvalue weighted by Gasteiger charge is 2.20. The first-order chi connectivity index (χ1) is 8.87. The van der Waals surface area contributed by atoms with E-state index in [1.165, 1.54) is 6.26 Å². The molecule has 6 heteroatoms. The molecule has 0 saturated heterocycles. The van der Waals surface area contributed by atoms with E-state index in [0.29, 0.717) is 18.5 Å². The first-order valence-electron chi connectivity index (χ1n) is 6.16. The number of nitrogens with zero attached hydrogens (tertiary/aromatic N) is 1. The normalized spacial score (nSPS) is 14.5. The highest BCUT2D eigenvalue weighted by molar-refractivity contribution is 7.90. The van der Waals surface area contributed by atoms with E-state index in [4.69, 9.17) is 5.11 Å². The lowest BCUT2D eigenvalue weighted by atomic mass is 10.1. The van der Waals surface area contributed by atoms with E-state index >= 15 is 0 Å². The Kier molecular flexibility index (Phi) is 3.80. The molecule has 1 aliphatic heterocycles. The Balaban J connectivity index is 2.04. The summed E-state index contributed by atoms with van der Waals surface area (Å²) in [6.07, 6.45) is 2.65. The van der Waals surface area contributed by atoms with Crippen LogP contribution in [-0.4, -0.2) is 44.6 Å². The summed E-state index contributed by atoms with van der Waals surface area (Å²) in [5.41, 5.74) is 2.36. The Morgan fingerprint density at radius 1 is 1.42 bits per heavy atom. The van der Waals surface area contributed by atoms with Gasteiger partial charge in [0.2, 0.25) is 0 Å². The van der Waals surface area contributed by atoms with Crippen molar-refractivity contribution >= 4 is 21.5 Å². The number of fused-ring (bicyclic) bond motifs is 1. The molecule has 0 spiro atoms. The van der Waals surface area contributed by atoms with Gasteiger partial charge in [0.05, 0.1) is 11.3 Å². The zero-order chi connectivity index (χ0) is 14.0. The van der Waals surface area contributed by atoms with Crippen LogP contribution in [0.2, 0.25) is 0 Å². The van der Waals surface area contributed by atoms with E-state index in [-0.39, 0.29) is 5.75 Å². The van der Waals surface area contributed by atoms with Crippen LogP contribution in [0.25, 0.3) is 0 Å². The maximum absolute atomic E-state index is 11.1. The number of aromatic carboxylic acids is 1. The number of carbonyl (C=O) groups is 1. The Labute approximate surface area is 112 Å². The molecule has 1 aliphatic rings. The van der Waals surface area contributed by atoms with Gasteiger partial charge < -0.3 is 10.0 Å². The van der Waals surface area contributed by atoms with Gasteiger partial charge in [0.1, 0.15) is 9.84 Å². The van der Waals surface area contributed by atoms with Gasteiger partial charge in [0.15, 0.2) is 0 Å². The fourth-order valence-electron chi connectivity index (χ4n) is 2.35. The third kappa shape index (κ3) is 3.47. The molecule has 0 atom stereocenters. The van der Waals surface area contributed by atoms with Gasteiger partial charge in [-0.2, -0.15) is 0 Å². The van der Waals surface area contributed by atoms with Crippen LogP contribution in [0, 0.1) is 0 Å². The number of hydrogen-bond acceptors (Lipinski definition) is 4. The second kappa shape index (κ2) is 5.21. The smallest absolute Gasteiger partial charge is 0.335 e. The second-order valence-electron chi connectivity index (χ2n) is 4.87. The molecular formula is C13H17NO4S. The molecule has 2 rings (SSSR count). The summed E-state index contributed by atoms with van der Waals surface area (Å²) in [5.74, 6) is -0.732. The molecule has 1 aromatic carbocycles. The van der Waals surface area contributed by atoms with Crippen LogP contribution in [0.15, 0.2) is 18.2 Å². The molecule has 5 nitrogen and oxygen atoms in total. The number of hydrogen-bond donors (Lipinski definition) is 1. The Hall–Kier alpha value is -1.56. The Morgan fingerprint density at radius 3 is 2.79 bits per heavy atom. The summed E-state index contributed by atoms with van der Waals surface area (Å²) < 4.78 is 22.2. The highest BCUT2D eigenvalue weighted by atomic mass is 32.2. The predicted octanol–water partition coefficient (Wildman–Crippen LogP) is 1.18. The first-order valence-corrected chi connectivity index (χ1v) is 8.22. The van der Waals surface area contributed by atoms with Crippen molar-refractivity contribution in [3.63, 3.8) is 0 Å². The van der Waals surface area contributed by atoms with Crippen LogP contribution in [-0.2, 0) is 16.3 Å². The van der Waals surface area contributed by atoms with Crippen molar-refractivity contribution in [1.82, 2.24) is 0 Å². The van der Waals surface area contributed by atoms with Crippen LogP contribution in [0.1, 0.15) is 22.3 Å². The van der Waals surface area contributed by atoms with Crippen molar-refractivity contribution < 1.29 is 18.3 Å². The molecule has 0 fully saturated rings. The number of rotatable bonds is 5. The van der Waals surface area contributed by atoms with Gasteiger partial charge in [-0.15, -0.1) is 0 Å².